The van der Waals surface area contributed by atoms with Crippen LogP contribution in [0, 0.1) is 5.92 Å². The van der Waals surface area contributed by atoms with Crippen molar-refractivity contribution in [1.29, 1.82) is 0 Å². The lowest BCUT2D eigenvalue weighted by molar-refractivity contribution is -0.142. The third kappa shape index (κ3) is 9.18. The van der Waals surface area contributed by atoms with E-state index < -0.39 is 59.9 Å². The van der Waals surface area contributed by atoms with Gasteiger partial charge in [0.1, 0.15) is 18.1 Å². The minimum Gasteiger partial charge on any atom is -0.480 e. The standard InChI is InChI=1S/C18H33N5O7/c1-5-8(2)13(20)16(27)23-14(10(4)24)17(28)21-9(3)15(26)22-11(18(29)30)6-7-12(19)25/h8-11,13-14,24H,5-7,20H2,1-4H3,(H2,19,25)(H,21,28)(H,22,26)(H,23,27)(H,29,30). The van der Waals surface area contributed by atoms with Crippen LogP contribution in [-0.4, -0.2) is 70.1 Å². The van der Waals surface area contributed by atoms with Gasteiger partial charge in [-0.05, 0) is 26.2 Å². The number of carboxylic acid groups (broad SMARTS) is 1. The fraction of sp³-hybridized carbons (Fsp3) is 0.722. The highest BCUT2D eigenvalue weighted by Crippen LogP contribution is 2.06. The van der Waals surface area contributed by atoms with Crippen molar-refractivity contribution in [2.75, 3.05) is 0 Å². The van der Waals surface area contributed by atoms with E-state index >= 15 is 0 Å². The molecule has 0 saturated carbocycles. The number of carboxylic acids is 1. The summed E-state index contributed by atoms with van der Waals surface area (Å²) in [6.45, 7) is 6.20. The first-order valence-corrected chi connectivity index (χ1v) is 9.67. The molecule has 12 heteroatoms. The molecule has 0 aromatic carbocycles. The number of rotatable bonds is 13. The fourth-order valence-corrected chi connectivity index (χ4v) is 2.38. The van der Waals surface area contributed by atoms with Gasteiger partial charge >= 0.3 is 5.97 Å². The lowest BCUT2D eigenvalue weighted by Crippen LogP contribution is -2.59. The molecular weight excluding hydrogens is 398 g/mol. The Morgan fingerprint density at radius 1 is 0.933 bits per heavy atom. The molecule has 0 aliphatic rings. The number of carbonyl (C=O) groups is 5. The molecule has 6 unspecified atom stereocenters. The second-order valence-electron chi connectivity index (χ2n) is 7.27. The molecule has 4 amide bonds. The third-order valence-corrected chi connectivity index (χ3v) is 4.67. The lowest BCUT2D eigenvalue weighted by atomic mass is 9.98. The molecule has 12 nitrogen and oxygen atoms in total. The van der Waals surface area contributed by atoms with Crippen molar-refractivity contribution in [3.8, 4) is 0 Å². The van der Waals surface area contributed by atoms with Crippen molar-refractivity contribution in [2.45, 2.75) is 77.2 Å². The van der Waals surface area contributed by atoms with Crippen molar-refractivity contribution >= 4 is 29.6 Å². The summed E-state index contributed by atoms with van der Waals surface area (Å²) in [7, 11) is 0. The Kier molecular flexibility index (Phi) is 11.6. The first-order chi connectivity index (χ1) is 13.8. The Bertz CT molecular complexity index is 640. The summed E-state index contributed by atoms with van der Waals surface area (Å²) in [4.78, 5) is 58.9. The van der Waals surface area contributed by atoms with Crippen LogP contribution in [0.1, 0.15) is 47.0 Å². The molecule has 0 rings (SSSR count). The van der Waals surface area contributed by atoms with Crippen molar-refractivity contribution in [2.24, 2.45) is 17.4 Å². The van der Waals surface area contributed by atoms with Crippen molar-refractivity contribution in [3.05, 3.63) is 0 Å². The van der Waals surface area contributed by atoms with Crippen LogP contribution in [0.2, 0.25) is 0 Å². The molecular formula is C18H33N5O7. The molecule has 0 spiro atoms. The lowest BCUT2D eigenvalue weighted by Gasteiger charge is -2.26. The SMILES string of the molecule is CCC(C)C(N)C(=O)NC(C(=O)NC(C)C(=O)NC(CCC(N)=O)C(=O)O)C(C)O. The summed E-state index contributed by atoms with van der Waals surface area (Å²) in [6, 6.07) is -4.81. The molecule has 0 aliphatic carbocycles. The minimum atomic E-state index is -1.37. The first kappa shape index (κ1) is 27.3. The molecule has 0 fully saturated rings. The Hall–Kier alpha value is -2.73. The van der Waals surface area contributed by atoms with E-state index in [-0.39, 0.29) is 18.8 Å². The van der Waals surface area contributed by atoms with E-state index in [1.807, 2.05) is 6.92 Å². The number of hydrogen-bond acceptors (Lipinski definition) is 7. The summed E-state index contributed by atoms with van der Waals surface area (Å²) in [5.74, 6) is -4.53. The highest BCUT2D eigenvalue weighted by Gasteiger charge is 2.31. The van der Waals surface area contributed by atoms with Gasteiger partial charge in [-0.25, -0.2) is 4.79 Å². The number of nitrogens with two attached hydrogens (primary N) is 2. The van der Waals surface area contributed by atoms with E-state index in [1.54, 1.807) is 6.92 Å². The van der Waals surface area contributed by atoms with Gasteiger partial charge < -0.3 is 37.6 Å². The van der Waals surface area contributed by atoms with E-state index in [4.69, 9.17) is 16.6 Å². The van der Waals surface area contributed by atoms with E-state index in [0.29, 0.717) is 6.42 Å². The fourth-order valence-electron chi connectivity index (χ4n) is 2.38. The normalized spacial score (nSPS) is 16.9. The molecule has 172 valence electrons. The molecule has 0 aliphatic heterocycles. The van der Waals surface area contributed by atoms with Crippen LogP contribution in [0.3, 0.4) is 0 Å². The second kappa shape index (κ2) is 12.8. The number of hydrogen-bond donors (Lipinski definition) is 7. The van der Waals surface area contributed by atoms with E-state index in [2.05, 4.69) is 16.0 Å². The molecule has 9 N–H and O–H groups in total. The molecule has 0 saturated heterocycles. The maximum atomic E-state index is 12.4. The number of carbonyl (C=O) groups excluding carboxylic acids is 4. The zero-order valence-corrected chi connectivity index (χ0v) is 17.7. The summed E-state index contributed by atoms with van der Waals surface area (Å²) in [5, 5.41) is 25.9. The van der Waals surface area contributed by atoms with Gasteiger partial charge in [0.25, 0.3) is 0 Å². The predicted octanol–water partition coefficient (Wildman–Crippen LogP) is -2.43. The summed E-state index contributed by atoms with van der Waals surface area (Å²) in [6.07, 6.45) is -1.10. The monoisotopic (exact) mass is 431 g/mol. The molecule has 0 radical (unpaired) electrons. The summed E-state index contributed by atoms with van der Waals surface area (Å²) in [5.41, 5.74) is 10.8. The Labute approximate surface area is 175 Å². The maximum Gasteiger partial charge on any atom is 0.326 e. The number of aliphatic hydroxyl groups excluding tert-OH is 1. The smallest absolute Gasteiger partial charge is 0.326 e. The van der Waals surface area contributed by atoms with Crippen LogP contribution in [0.15, 0.2) is 0 Å². The van der Waals surface area contributed by atoms with E-state index in [1.165, 1.54) is 13.8 Å². The minimum absolute atomic E-state index is 0.152. The highest BCUT2D eigenvalue weighted by atomic mass is 16.4. The van der Waals surface area contributed by atoms with Gasteiger partial charge in [0.15, 0.2) is 0 Å². The number of primary amides is 1. The van der Waals surface area contributed by atoms with Gasteiger partial charge in [-0.2, -0.15) is 0 Å². The maximum absolute atomic E-state index is 12.4. The topological polar surface area (TPSA) is 214 Å². The van der Waals surface area contributed by atoms with E-state index in [0.717, 1.165) is 0 Å². The van der Waals surface area contributed by atoms with Crippen molar-refractivity contribution in [1.82, 2.24) is 16.0 Å². The van der Waals surface area contributed by atoms with Crippen LogP contribution in [0.5, 0.6) is 0 Å². The van der Waals surface area contributed by atoms with Gasteiger partial charge in [0.2, 0.25) is 23.6 Å². The molecule has 0 aromatic rings. The van der Waals surface area contributed by atoms with Crippen LogP contribution < -0.4 is 27.4 Å². The summed E-state index contributed by atoms with van der Waals surface area (Å²) < 4.78 is 0. The Balaban J connectivity index is 5.02. The number of nitrogens with one attached hydrogen (secondary N) is 3. The van der Waals surface area contributed by atoms with E-state index in [9.17, 15) is 29.1 Å². The number of aliphatic hydroxyl groups is 1. The zero-order chi connectivity index (χ0) is 23.6. The zero-order valence-electron chi connectivity index (χ0n) is 17.7. The van der Waals surface area contributed by atoms with Gasteiger partial charge in [-0.1, -0.05) is 20.3 Å². The molecule has 0 bridgehead atoms. The summed E-state index contributed by atoms with van der Waals surface area (Å²) >= 11 is 0. The molecule has 0 heterocycles. The second-order valence-corrected chi connectivity index (χ2v) is 7.27. The Morgan fingerprint density at radius 2 is 1.50 bits per heavy atom. The average Bonchev–Trinajstić information content (AvgIpc) is 2.66. The van der Waals surface area contributed by atoms with Crippen LogP contribution in [0.4, 0.5) is 0 Å². The van der Waals surface area contributed by atoms with Crippen molar-refractivity contribution in [3.63, 3.8) is 0 Å². The highest BCUT2D eigenvalue weighted by molar-refractivity contribution is 5.94. The van der Waals surface area contributed by atoms with Crippen molar-refractivity contribution < 1.29 is 34.2 Å². The van der Waals surface area contributed by atoms with Crippen LogP contribution >= 0.6 is 0 Å². The Morgan fingerprint density at radius 3 is 1.93 bits per heavy atom. The van der Waals surface area contributed by atoms with Crippen LogP contribution in [0.25, 0.3) is 0 Å². The predicted molar refractivity (Wildman–Crippen MR) is 107 cm³/mol. The third-order valence-electron chi connectivity index (χ3n) is 4.67. The van der Waals surface area contributed by atoms with Gasteiger partial charge in [0.05, 0.1) is 12.1 Å². The van der Waals surface area contributed by atoms with Crippen LogP contribution in [-0.2, 0) is 24.0 Å². The molecule has 0 aromatic heterocycles. The number of aliphatic carboxylic acids is 1. The largest absolute Gasteiger partial charge is 0.480 e. The molecule has 6 atom stereocenters. The number of amides is 4. The average molecular weight is 431 g/mol. The first-order valence-electron chi connectivity index (χ1n) is 9.67. The van der Waals surface area contributed by atoms with Gasteiger partial charge in [-0.15, -0.1) is 0 Å². The molecule has 30 heavy (non-hydrogen) atoms. The quantitative estimate of drug-likeness (QED) is 0.166. The van der Waals surface area contributed by atoms with Gasteiger partial charge in [-0.3, -0.25) is 19.2 Å². The van der Waals surface area contributed by atoms with Gasteiger partial charge in [0, 0.05) is 6.42 Å².